The maximum Gasteiger partial charge on any atom is 0.309 e. The fourth-order valence-corrected chi connectivity index (χ4v) is 1.12. The molecular formula is C5H7ClN2O2S. The molecule has 0 aliphatic heterocycles. The van der Waals surface area contributed by atoms with Crippen molar-refractivity contribution in [2.45, 2.75) is 6.42 Å². The first-order valence-electron chi connectivity index (χ1n) is 2.60. The largest absolute Gasteiger partial charge is 0.481 e. The van der Waals surface area contributed by atoms with Gasteiger partial charge in [0.05, 0.1) is 12.1 Å². The molecule has 1 heterocycles. The maximum atomic E-state index is 10.1. The number of hydrogen-bond acceptors (Lipinski definition) is 4. The summed E-state index contributed by atoms with van der Waals surface area (Å²) in [7, 11) is 0. The summed E-state index contributed by atoms with van der Waals surface area (Å²) in [5, 5.41) is 10.4. The van der Waals surface area contributed by atoms with Crippen LogP contribution in [0.5, 0.6) is 0 Å². The lowest BCUT2D eigenvalue weighted by Gasteiger charge is -1.85. The second kappa shape index (κ2) is 4.15. The van der Waals surface area contributed by atoms with E-state index in [0.29, 0.717) is 10.8 Å². The number of aliphatic carboxylic acids is 1. The number of carboxylic acid groups (broad SMARTS) is 1. The average molecular weight is 198 g/mol. The van der Waals surface area contributed by atoms with E-state index in [2.05, 4.69) is 4.98 Å². The van der Waals surface area contributed by atoms with Gasteiger partial charge in [-0.3, -0.25) is 4.79 Å². The number of aromatic nitrogens is 1. The molecule has 1 rings (SSSR count). The van der Waals surface area contributed by atoms with E-state index in [1.165, 1.54) is 11.3 Å². The Morgan fingerprint density at radius 2 is 2.45 bits per heavy atom. The molecular weight excluding hydrogens is 191 g/mol. The zero-order valence-corrected chi connectivity index (χ0v) is 7.11. The van der Waals surface area contributed by atoms with E-state index in [1.54, 1.807) is 5.38 Å². The molecule has 0 bridgehead atoms. The van der Waals surface area contributed by atoms with E-state index in [1.807, 2.05) is 0 Å². The van der Waals surface area contributed by atoms with Crippen LogP contribution in [0.25, 0.3) is 0 Å². The summed E-state index contributed by atoms with van der Waals surface area (Å²) >= 11 is 1.25. The minimum Gasteiger partial charge on any atom is -0.481 e. The van der Waals surface area contributed by atoms with Gasteiger partial charge in [0, 0.05) is 5.38 Å². The minimum atomic E-state index is -0.884. The Kier molecular flexibility index (Phi) is 3.84. The average Bonchev–Trinajstić information content (AvgIpc) is 2.13. The molecule has 0 saturated heterocycles. The first-order chi connectivity index (χ1) is 4.68. The van der Waals surface area contributed by atoms with E-state index in [4.69, 9.17) is 10.8 Å². The van der Waals surface area contributed by atoms with Crippen LogP contribution >= 0.6 is 23.7 Å². The van der Waals surface area contributed by atoms with Crippen molar-refractivity contribution < 1.29 is 9.90 Å². The summed E-state index contributed by atoms with van der Waals surface area (Å²) in [6, 6.07) is 0. The molecule has 6 heteroatoms. The van der Waals surface area contributed by atoms with Crippen LogP contribution in [0, 0.1) is 0 Å². The van der Waals surface area contributed by atoms with Gasteiger partial charge in [-0.05, 0) is 0 Å². The molecule has 3 N–H and O–H groups in total. The highest BCUT2D eigenvalue weighted by atomic mass is 35.5. The smallest absolute Gasteiger partial charge is 0.309 e. The molecule has 0 aliphatic carbocycles. The standard InChI is InChI=1S/C5H6N2O2S.ClH/c6-5-7-3(2-10-5)1-4(8)9;/h2H,1H2,(H2,6,7)(H,8,9);1H/i5+1,6+1,7+1;. The summed E-state index contributed by atoms with van der Waals surface area (Å²) in [5.41, 5.74) is 5.79. The van der Waals surface area contributed by atoms with Gasteiger partial charge in [-0.2, -0.15) is 0 Å². The number of carboxylic acids is 1. The van der Waals surface area contributed by atoms with Gasteiger partial charge in [0.25, 0.3) is 0 Å². The van der Waals surface area contributed by atoms with Gasteiger partial charge in [0.15, 0.2) is 5.13 Å². The third-order valence-corrected chi connectivity index (χ3v) is 1.62. The molecule has 0 fully saturated rings. The summed E-state index contributed by atoms with van der Waals surface area (Å²) in [4.78, 5) is 13.9. The van der Waals surface area contributed by atoms with Crippen molar-refractivity contribution in [2.75, 3.05) is 5.73 Å². The van der Waals surface area contributed by atoms with Crippen molar-refractivity contribution in [3.8, 4) is 0 Å². The highest BCUT2D eigenvalue weighted by Crippen LogP contribution is 2.10. The Hall–Kier alpha value is -0.810. The minimum absolute atomic E-state index is 0. The molecule has 0 radical (unpaired) electrons. The molecule has 1 aromatic heterocycles. The Morgan fingerprint density at radius 1 is 1.82 bits per heavy atom. The number of hydrogen-bond donors (Lipinski definition) is 2. The zero-order valence-electron chi connectivity index (χ0n) is 5.48. The van der Waals surface area contributed by atoms with Crippen LogP contribution in [0.1, 0.15) is 5.69 Å². The van der Waals surface area contributed by atoms with Gasteiger partial charge < -0.3 is 10.8 Å². The summed E-state index contributed by atoms with van der Waals surface area (Å²) in [6.07, 6.45) is -0.0479. The van der Waals surface area contributed by atoms with Crippen LogP contribution in [-0.4, -0.2) is 16.1 Å². The van der Waals surface area contributed by atoms with Gasteiger partial charge in [0.1, 0.15) is 0 Å². The van der Waals surface area contributed by atoms with Crippen molar-refractivity contribution in [1.82, 2.24) is 4.98 Å². The van der Waals surface area contributed by atoms with E-state index < -0.39 is 5.97 Å². The Bertz CT molecular complexity index is 250. The van der Waals surface area contributed by atoms with E-state index in [0.717, 1.165) is 0 Å². The van der Waals surface area contributed by atoms with Crippen LogP contribution in [0.2, 0.25) is 0 Å². The number of anilines is 1. The molecule has 0 aliphatic rings. The molecule has 1 aromatic rings. The molecule has 0 spiro atoms. The van der Waals surface area contributed by atoms with Crippen molar-refractivity contribution >= 4 is 34.8 Å². The fraction of sp³-hybridized carbons (Fsp3) is 0.200. The van der Waals surface area contributed by atoms with Gasteiger partial charge in [-0.1, -0.05) is 0 Å². The highest BCUT2D eigenvalue weighted by Gasteiger charge is 2.02. The second-order valence-corrected chi connectivity index (χ2v) is 2.64. The SMILES string of the molecule is Cl.[15NH2][13c]1[15n]c(CC(=O)O)cs1. The van der Waals surface area contributed by atoms with Gasteiger partial charge >= 0.3 is 5.97 Å². The molecule has 0 atom stereocenters. The monoisotopic (exact) mass is 197 g/mol. The van der Waals surface area contributed by atoms with E-state index in [-0.39, 0.29) is 18.8 Å². The summed E-state index contributed by atoms with van der Waals surface area (Å²) in [5.74, 6) is -0.884. The van der Waals surface area contributed by atoms with Gasteiger partial charge in [0.2, 0.25) is 0 Å². The quantitative estimate of drug-likeness (QED) is 0.687. The molecule has 4 nitrogen and oxygen atoms in total. The van der Waals surface area contributed by atoms with Gasteiger partial charge in [-0.25, -0.2) is 4.98 Å². The number of nitrogens with two attached hydrogens (primary N) is 1. The Balaban J connectivity index is 0.000001000. The van der Waals surface area contributed by atoms with Crippen LogP contribution in [-0.2, 0) is 11.2 Å². The number of rotatable bonds is 2. The Morgan fingerprint density at radius 3 is 2.82 bits per heavy atom. The van der Waals surface area contributed by atoms with Crippen molar-refractivity contribution in [1.29, 1.82) is 0 Å². The van der Waals surface area contributed by atoms with Crippen LogP contribution in [0.4, 0.5) is 5.13 Å². The third-order valence-electron chi connectivity index (χ3n) is 0.902. The lowest BCUT2D eigenvalue weighted by Crippen LogP contribution is -2.00. The van der Waals surface area contributed by atoms with E-state index in [9.17, 15) is 4.79 Å². The molecule has 0 amide bonds. The topological polar surface area (TPSA) is 76.2 Å². The van der Waals surface area contributed by atoms with Crippen molar-refractivity contribution in [3.63, 3.8) is 0 Å². The van der Waals surface area contributed by atoms with Crippen LogP contribution < -0.4 is 5.73 Å². The first kappa shape index (κ1) is 10.2. The predicted molar refractivity (Wildman–Crippen MR) is 45.1 cm³/mol. The molecule has 11 heavy (non-hydrogen) atoms. The number of thiazole rings is 1. The molecule has 0 unspecified atom stereocenters. The maximum absolute atomic E-state index is 10.1. The summed E-state index contributed by atoms with van der Waals surface area (Å²) in [6.45, 7) is 0. The lowest BCUT2D eigenvalue weighted by molar-refractivity contribution is -0.136. The predicted octanol–water partition coefficient (Wildman–Crippen LogP) is 0.774. The normalized spacial score (nSPS) is 8.73. The molecule has 0 aromatic carbocycles. The number of carbonyl (C=O) groups is 1. The van der Waals surface area contributed by atoms with Crippen molar-refractivity contribution in [2.24, 2.45) is 0 Å². The second-order valence-electron chi connectivity index (χ2n) is 1.75. The zero-order chi connectivity index (χ0) is 7.56. The van der Waals surface area contributed by atoms with Gasteiger partial charge in [-0.15, -0.1) is 23.7 Å². The number of nitrogen functional groups attached to an aromatic ring is 1. The van der Waals surface area contributed by atoms with Crippen molar-refractivity contribution in [3.05, 3.63) is 11.1 Å². The molecule has 0 saturated carbocycles. The number of halogens is 1. The van der Waals surface area contributed by atoms with Crippen LogP contribution in [0.15, 0.2) is 5.38 Å². The first-order valence-corrected chi connectivity index (χ1v) is 3.48. The molecule has 62 valence electrons. The summed E-state index contributed by atoms with van der Waals surface area (Å²) < 4.78 is 0. The highest BCUT2D eigenvalue weighted by molar-refractivity contribution is 7.13. The third kappa shape index (κ3) is 3.20. The Labute approximate surface area is 73.5 Å². The number of nitrogens with zero attached hydrogens (tertiary/aromatic N) is 1. The lowest BCUT2D eigenvalue weighted by atomic mass is 10.4. The van der Waals surface area contributed by atoms with Crippen LogP contribution in [0.3, 0.4) is 0 Å². The van der Waals surface area contributed by atoms with E-state index >= 15 is 0 Å². The fourth-order valence-electron chi connectivity index (χ4n) is 0.559.